The Balaban J connectivity index is 2.31. The van der Waals surface area contributed by atoms with Gasteiger partial charge in [0.1, 0.15) is 0 Å². The Labute approximate surface area is 97.0 Å². The predicted molar refractivity (Wildman–Crippen MR) is 65.9 cm³/mol. The molecule has 1 amide bonds. The van der Waals surface area contributed by atoms with Crippen molar-refractivity contribution in [1.29, 1.82) is 0 Å². The number of hydrogen-bond acceptors (Lipinski definition) is 2. The van der Waals surface area contributed by atoms with E-state index >= 15 is 0 Å². The number of nitrogens with one attached hydrogen (secondary N) is 1. The summed E-state index contributed by atoms with van der Waals surface area (Å²) in [6, 6.07) is 8.22. The molecule has 1 unspecified atom stereocenters. The second kappa shape index (κ2) is 6.28. The molecule has 0 aromatic heterocycles. The SMILES string of the molecule is Cc1cccc(CNC(=O)CCC(C)N)c1. The topological polar surface area (TPSA) is 55.1 Å². The highest BCUT2D eigenvalue weighted by Crippen LogP contribution is 2.03. The van der Waals surface area contributed by atoms with E-state index in [4.69, 9.17) is 5.73 Å². The van der Waals surface area contributed by atoms with Gasteiger partial charge >= 0.3 is 0 Å². The van der Waals surface area contributed by atoms with E-state index in [1.54, 1.807) is 0 Å². The van der Waals surface area contributed by atoms with Gasteiger partial charge in [0.05, 0.1) is 0 Å². The zero-order valence-corrected chi connectivity index (χ0v) is 9.99. The first-order valence-electron chi connectivity index (χ1n) is 5.66. The Morgan fingerprint density at radius 3 is 2.88 bits per heavy atom. The third kappa shape index (κ3) is 4.94. The molecule has 1 atom stereocenters. The molecule has 1 aromatic rings. The van der Waals surface area contributed by atoms with Gasteiger partial charge in [0.25, 0.3) is 0 Å². The fourth-order valence-corrected chi connectivity index (χ4v) is 1.47. The minimum atomic E-state index is 0.0683. The van der Waals surface area contributed by atoms with E-state index < -0.39 is 0 Å². The van der Waals surface area contributed by atoms with Crippen molar-refractivity contribution < 1.29 is 4.79 Å². The minimum absolute atomic E-state index is 0.0683. The second-order valence-electron chi connectivity index (χ2n) is 4.28. The number of benzene rings is 1. The van der Waals surface area contributed by atoms with E-state index in [0.717, 1.165) is 12.0 Å². The van der Waals surface area contributed by atoms with E-state index in [0.29, 0.717) is 13.0 Å². The monoisotopic (exact) mass is 220 g/mol. The van der Waals surface area contributed by atoms with Gasteiger partial charge in [-0.25, -0.2) is 0 Å². The van der Waals surface area contributed by atoms with Gasteiger partial charge in [-0.2, -0.15) is 0 Å². The van der Waals surface area contributed by atoms with Crippen molar-refractivity contribution in [2.75, 3.05) is 0 Å². The van der Waals surface area contributed by atoms with Crippen molar-refractivity contribution in [2.24, 2.45) is 5.73 Å². The van der Waals surface area contributed by atoms with Crippen molar-refractivity contribution >= 4 is 5.91 Å². The molecule has 0 fully saturated rings. The Bertz CT molecular complexity index is 348. The molecular weight excluding hydrogens is 200 g/mol. The van der Waals surface area contributed by atoms with Crippen LogP contribution in [0.2, 0.25) is 0 Å². The number of carbonyl (C=O) groups is 1. The normalized spacial score (nSPS) is 12.2. The van der Waals surface area contributed by atoms with Crippen LogP contribution in [0.15, 0.2) is 24.3 Å². The van der Waals surface area contributed by atoms with Crippen molar-refractivity contribution in [1.82, 2.24) is 5.32 Å². The fourth-order valence-electron chi connectivity index (χ4n) is 1.47. The maximum atomic E-state index is 11.4. The van der Waals surface area contributed by atoms with Gasteiger partial charge in [-0.15, -0.1) is 0 Å². The molecule has 88 valence electrons. The maximum Gasteiger partial charge on any atom is 0.220 e. The molecule has 0 heterocycles. The first-order valence-corrected chi connectivity index (χ1v) is 5.66. The van der Waals surface area contributed by atoms with Gasteiger partial charge in [-0.1, -0.05) is 29.8 Å². The molecule has 1 rings (SSSR count). The van der Waals surface area contributed by atoms with Crippen LogP contribution >= 0.6 is 0 Å². The molecule has 0 saturated carbocycles. The molecule has 0 saturated heterocycles. The summed E-state index contributed by atoms with van der Waals surface area (Å²) in [4.78, 5) is 11.4. The van der Waals surface area contributed by atoms with Crippen LogP contribution in [-0.2, 0) is 11.3 Å². The third-order valence-electron chi connectivity index (χ3n) is 2.40. The lowest BCUT2D eigenvalue weighted by molar-refractivity contribution is -0.121. The molecule has 3 N–H and O–H groups in total. The van der Waals surface area contributed by atoms with Crippen molar-refractivity contribution in [2.45, 2.75) is 39.3 Å². The number of aryl methyl sites for hydroxylation is 1. The smallest absolute Gasteiger partial charge is 0.220 e. The van der Waals surface area contributed by atoms with Gasteiger partial charge in [0.2, 0.25) is 5.91 Å². The summed E-state index contributed by atoms with van der Waals surface area (Å²) in [6.07, 6.45) is 1.24. The Kier molecular flexibility index (Phi) is 4.99. The van der Waals surface area contributed by atoms with Crippen LogP contribution in [0.25, 0.3) is 0 Å². The molecule has 16 heavy (non-hydrogen) atoms. The highest BCUT2D eigenvalue weighted by Gasteiger charge is 2.03. The first kappa shape index (κ1) is 12.7. The molecule has 0 spiro atoms. The van der Waals surface area contributed by atoms with Crippen molar-refractivity contribution in [3.05, 3.63) is 35.4 Å². The molecule has 3 nitrogen and oxygen atoms in total. The van der Waals surface area contributed by atoms with Gasteiger partial charge in [0.15, 0.2) is 0 Å². The van der Waals surface area contributed by atoms with E-state index in [2.05, 4.69) is 11.4 Å². The zero-order valence-electron chi connectivity index (χ0n) is 9.99. The number of carbonyl (C=O) groups excluding carboxylic acids is 1. The average molecular weight is 220 g/mol. The number of nitrogens with two attached hydrogens (primary N) is 1. The molecular formula is C13H20N2O. The number of amides is 1. The van der Waals surface area contributed by atoms with Gasteiger partial charge < -0.3 is 11.1 Å². The predicted octanol–water partition coefficient (Wildman–Crippen LogP) is 1.74. The Hall–Kier alpha value is -1.35. The van der Waals surface area contributed by atoms with Crippen LogP contribution in [0.3, 0.4) is 0 Å². The largest absolute Gasteiger partial charge is 0.352 e. The zero-order chi connectivity index (χ0) is 12.0. The lowest BCUT2D eigenvalue weighted by Gasteiger charge is -2.07. The van der Waals surface area contributed by atoms with E-state index in [1.807, 2.05) is 32.0 Å². The summed E-state index contributed by atoms with van der Waals surface area (Å²) in [6.45, 7) is 4.55. The third-order valence-corrected chi connectivity index (χ3v) is 2.40. The molecule has 0 radical (unpaired) electrons. The molecule has 0 aliphatic rings. The molecule has 1 aromatic carbocycles. The van der Waals surface area contributed by atoms with Crippen LogP contribution in [-0.4, -0.2) is 11.9 Å². The molecule has 0 aliphatic heterocycles. The number of rotatable bonds is 5. The highest BCUT2D eigenvalue weighted by molar-refractivity contribution is 5.75. The summed E-state index contributed by atoms with van der Waals surface area (Å²) in [5, 5.41) is 2.89. The molecule has 0 bridgehead atoms. The van der Waals surface area contributed by atoms with Crippen molar-refractivity contribution in [3.63, 3.8) is 0 Å². The van der Waals surface area contributed by atoms with E-state index in [-0.39, 0.29) is 11.9 Å². The summed E-state index contributed by atoms with van der Waals surface area (Å²) >= 11 is 0. The lowest BCUT2D eigenvalue weighted by Crippen LogP contribution is -2.25. The van der Waals surface area contributed by atoms with Gasteiger partial charge in [-0.3, -0.25) is 4.79 Å². The summed E-state index contributed by atoms with van der Waals surface area (Å²) < 4.78 is 0. The summed E-state index contributed by atoms with van der Waals surface area (Å²) in [7, 11) is 0. The summed E-state index contributed by atoms with van der Waals surface area (Å²) in [5.74, 6) is 0.0683. The average Bonchev–Trinajstić information content (AvgIpc) is 2.23. The maximum absolute atomic E-state index is 11.4. The van der Waals surface area contributed by atoms with Crippen molar-refractivity contribution in [3.8, 4) is 0 Å². The molecule has 3 heteroatoms. The Morgan fingerprint density at radius 2 is 2.25 bits per heavy atom. The Morgan fingerprint density at radius 1 is 1.50 bits per heavy atom. The van der Waals surface area contributed by atoms with Gasteiger partial charge in [0, 0.05) is 19.0 Å². The second-order valence-corrected chi connectivity index (χ2v) is 4.28. The van der Waals surface area contributed by atoms with Gasteiger partial charge in [-0.05, 0) is 25.8 Å². The molecule has 0 aliphatic carbocycles. The minimum Gasteiger partial charge on any atom is -0.352 e. The number of hydrogen-bond donors (Lipinski definition) is 2. The van der Waals surface area contributed by atoms with E-state index in [9.17, 15) is 4.79 Å². The lowest BCUT2D eigenvalue weighted by atomic mass is 10.1. The van der Waals surface area contributed by atoms with Crippen LogP contribution < -0.4 is 11.1 Å². The van der Waals surface area contributed by atoms with Crippen LogP contribution in [0, 0.1) is 6.92 Å². The van der Waals surface area contributed by atoms with Crippen LogP contribution in [0.4, 0.5) is 0 Å². The quantitative estimate of drug-likeness (QED) is 0.794. The summed E-state index contributed by atoms with van der Waals surface area (Å²) in [5.41, 5.74) is 7.93. The van der Waals surface area contributed by atoms with E-state index in [1.165, 1.54) is 5.56 Å². The fraction of sp³-hybridized carbons (Fsp3) is 0.462. The van der Waals surface area contributed by atoms with Crippen LogP contribution in [0.1, 0.15) is 30.9 Å². The standard InChI is InChI=1S/C13H20N2O/c1-10-4-3-5-12(8-10)9-15-13(16)7-6-11(2)14/h3-5,8,11H,6-7,9,14H2,1-2H3,(H,15,16). The highest BCUT2D eigenvalue weighted by atomic mass is 16.1. The van der Waals surface area contributed by atoms with Crippen LogP contribution in [0.5, 0.6) is 0 Å². The first-order chi connectivity index (χ1) is 7.58.